The largest absolute Gasteiger partial charge is 0.335 e. The molecule has 2 saturated heterocycles. The molecule has 6 heteroatoms. The van der Waals surface area contributed by atoms with Gasteiger partial charge < -0.3 is 10.2 Å². The van der Waals surface area contributed by atoms with Gasteiger partial charge in [0, 0.05) is 29.6 Å². The third kappa shape index (κ3) is 3.08. The molecule has 2 unspecified atom stereocenters. The molecule has 0 saturated carbocycles. The highest BCUT2D eigenvalue weighted by Crippen LogP contribution is 2.31. The highest BCUT2D eigenvalue weighted by molar-refractivity contribution is 7.13. The number of nitrogens with one attached hydrogen (secondary N) is 1. The Morgan fingerprint density at radius 1 is 1.29 bits per heavy atom. The highest BCUT2D eigenvalue weighted by Gasteiger charge is 2.37. The number of thiazole rings is 1. The smallest absolute Gasteiger partial charge is 0.229 e. The summed E-state index contributed by atoms with van der Waals surface area (Å²) in [6.45, 7) is 1.93. The number of hydrogen-bond donors (Lipinski definition) is 1. The van der Waals surface area contributed by atoms with Gasteiger partial charge in [0.05, 0.1) is 17.1 Å². The third-order valence-corrected chi connectivity index (χ3v) is 6.18. The predicted octanol–water partition coefficient (Wildman–Crippen LogP) is 3.36. The van der Waals surface area contributed by atoms with Crippen molar-refractivity contribution in [2.45, 2.75) is 37.8 Å². The van der Waals surface area contributed by atoms with Gasteiger partial charge in [-0.25, -0.2) is 4.98 Å². The van der Waals surface area contributed by atoms with Crippen LogP contribution < -0.4 is 5.32 Å². The number of hydrogen-bond acceptors (Lipinski definition) is 4. The number of carbonyl (C=O) groups excluding carboxylic acids is 1. The molecule has 24 heavy (non-hydrogen) atoms. The summed E-state index contributed by atoms with van der Waals surface area (Å²) in [7, 11) is 0. The maximum atomic E-state index is 12.8. The molecule has 1 aromatic heterocycles. The topological polar surface area (TPSA) is 45.2 Å². The molecule has 0 radical (unpaired) electrons. The monoisotopic (exact) mass is 361 g/mol. The number of benzene rings is 1. The van der Waals surface area contributed by atoms with Crippen LogP contribution in [0.5, 0.6) is 0 Å². The fraction of sp³-hybridized carbons (Fsp3) is 0.444. The van der Waals surface area contributed by atoms with Crippen molar-refractivity contribution in [3.05, 3.63) is 40.4 Å². The van der Waals surface area contributed by atoms with Gasteiger partial charge in [-0.15, -0.1) is 11.3 Å². The van der Waals surface area contributed by atoms with Gasteiger partial charge in [-0.05, 0) is 31.9 Å². The molecule has 0 aliphatic carbocycles. The molecule has 3 heterocycles. The van der Waals surface area contributed by atoms with Crippen LogP contribution >= 0.6 is 22.9 Å². The van der Waals surface area contributed by atoms with E-state index in [2.05, 4.69) is 15.2 Å². The average Bonchev–Trinajstić information content (AvgIpc) is 3.11. The van der Waals surface area contributed by atoms with Gasteiger partial charge in [0.15, 0.2) is 0 Å². The van der Waals surface area contributed by atoms with Crippen LogP contribution in [0.2, 0.25) is 5.02 Å². The number of halogens is 1. The molecule has 0 spiro atoms. The summed E-state index contributed by atoms with van der Waals surface area (Å²) in [6.07, 6.45) is 3.70. The molecule has 2 aliphatic rings. The van der Waals surface area contributed by atoms with Crippen LogP contribution in [-0.2, 0) is 11.2 Å². The lowest BCUT2D eigenvalue weighted by molar-refractivity contribution is -0.133. The quantitative estimate of drug-likeness (QED) is 0.911. The molecule has 2 aromatic rings. The van der Waals surface area contributed by atoms with Crippen molar-refractivity contribution < 1.29 is 4.79 Å². The fourth-order valence-corrected chi connectivity index (χ4v) is 4.92. The molecule has 2 aliphatic heterocycles. The summed E-state index contributed by atoms with van der Waals surface area (Å²) in [4.78, 5) is 19.6. The van der Waals surface area contributed by atoms with E-state index in [1.807, 2.05) is 29.6 Å². The Morgan fingerprint density at radius 3 is 3.00 bits per heavy atom. The van der Waals surface area contributed by atoms with Crippen LogP contribution in [0, 0.1) is 0 Å². The zero-order chi connectivity index (χ0) is 16.5. The van der Waals surface area contributed by atoms with Crippen molar-refractivity contribution >= 4 is 28.8 Å². The molecule has 1 aromatic carbocycles. The van der Waals surface area contributed by atoms with E-state index in [9.17, 15) is 4.79 Å². The van der Waals surface area contributed by atoms with Crippen LogP contribution in [0.25, 0.3) is 10.6 Å². The van der Waals surface area contributed by atoms with Crippen LogP contribution in [0.15, 0.2) is 29.6 Å². The molecule has 126 valence electrons. The van der Waals surface area contributed by atoms with Crippen LogP contribution in [0.3, 0.4) is 0 Å². The molecule has 4 nitrogen and oxygen atoms in total. The Kier molecular flexibility index (Phi) is 4.57. The molecule has 1 amide bonds. The van der Waals surface area contributed by atoms with E-state index >= 15 is 0 Å². The Hall–Kier alpha value is -1.43. The normalized spacial score (nSPS) is 23.3. The maximum Gasteiger partial charge on any atom is 0.229 e. The van der Waals surface area contributed by atoms with Gasteiger partial charge in [0.2, 0.25) is 5.91 Å². The van der Waals surface area contributed by atoms with Crippen LogP contribution in [0.1, 0.15) is 25.0 Å². The summed E-state index contributed by atoms with van der Waals surface area (Å²) in [5.41, 5.74) is 1.78. The van der Waals surface area contributed by atoms with E-state index < -0.39 is 0 Å². The standard InChI is InChI=1S/C18H20ClN3OS/c19-16-4-2-1-3-15(16)18-21-12(11-24-18)9-17(23)22-13-5-6-14(22)10-20-8-7-13/h1-4,11,13-14,20H,5-10H2. The second-order valence-electron chi connectivity index (χ2n) is 6.48. The average molecular weight is 362 g/mol. The predicted molar refractivity (Wildman–Crippen MR) is 97.4 cm³/mol. The van der Waals surface area contributed by atoms with Crippen LogP contribution in [-0.4, -0.2) is 41.0 Å². The minimum atomic E-state index is 0.210. The van der Waals surface area contributed by atoms with Crippen molar-refractivity contribution in [3.8, 4) is 10.6 Å². The van der Waals surface area contributed by atoms with Crippen molar-refractivity contribution in [2.24, 2.45) is 0 Å². The van der Waals surface area contributed by atoms with Crippen molar-refractivity contribution in [1.82, 2.24) is 15.2 Å². The lowest BCUT2D eigenvalue weighted by Crippen LogP contribution is -2.43. The Bertz CT molecular complexity index is 733. The number of nitrogens with zero attached hydrogens (tertiary/aromatic N) is 2. The lowest BCUT2D eigenvalue weighted by Gasteiger charge is -2.27. The number of amides is 1. The molecule has 1 N–H and O–H groups in total. The molecular weight excluding hydrogens is 342 g/mol. The molecule has 2 fully saturated rings. The lowest BCUT2D eigenvalue weighted by atomic mass is 10.1. The summed E-state index contributed by atoms with van der Waals surface area (Å²) in [6, 6.07) is 8.45. The minimum absolute atomic E-state index is 0.210. The van der Waals surface area contributed by atoms with E-state index in [0.717, 1.165) is 48.6 Å². The Balaban J connectivity index is 1.50. The zero-order valence-corrected chi connectivity index (χ0v) is 14.9. The first-order valence-electron chi connectivity index (χ1n) is 8.43. The summed E-state index contributed by atoms with van der Waals surface area (Å²) < 4.78 is 0. The Morgan fingerprint density at radius 2 is 2.12 bits per heavy atom. The van der Waals surface area contributed by atoms with Gasteiger partial charge in [-0.2, -0.15) is 0 Å². The second kappa shape index (κ2) is 6.82. The van der Waals surface area contributed by atoms with Gasteiger partial charge in [-0.1, -0.05) is 29.8 Å². The second-order valence-corrected chi connectivity index (χ2v) is 7.74. The number of fused-ring (bicyclic) bond motifs is 2. The van der Waals surface area contributed by atoms with Gasteiger partial charge in [-0.3, -0.25) is 4.79 Å². The first-order chi connectivity index (χ1) is 11.7. The zero-order valence-electron chi connectivity index (χ0n) is 13.4. The van der Waals surface area contributed by atoms with Gasteiger partial charge in [0.25, 0.3) is 0 Å². The molecular formula is C18H20ClN3OS. The Labute approximate surface area is 150 Å². The first-order valence-corrected chi connectivity index (χ1v) is 9.69. The van der Waals surface area contributed by atoms with E-state index in [1.54, 1.807) is 11.3 Å². The molecule has 4 rings (SSSR count). The van der Waals surface area contributed by atoms with Crippen molar-refractivity contribution in [2.75, 3.05) is 13.1 Å². The number of rotatable bonds is 3. The van der Waals surface area contributed by atoms with Gasteiger partial charge in [0.1, 0.15) is 5.01 Å². The maximum absolute atomic E-state index is 12.8. The fourth-order valence-electron chi connectivity index (χ4n) is 3.78. The highest BCUT2D eigenvalue weighted by atomic mass is 35.5. The summed E-state index contributed by atoms with van der Waals surface area (Å²) in [5.74, 6) is 0.210. The van der Waals surface area contributed by atoms with Crippen molar-refractivity contribution in [3.63, 3.8) is 0 Å². The molecule has 2 bridgehead atoms. The van der Waals surface area contributed by atoms with Crippen LogP contribution in [0.4, 0.5) is 0 Å². The number of carbonyl (C=O) groups is 1. The SMILES string of the molecule is O=C(Cc1csc(-c2ccccc2Cl)n1)N1C2CCNCC1CC2. The molecule has 2 atom stereocenters. The van der Waals surface area contributed by atoms with E-state index in [-0.39, 0.29) is 5.91 Å². The van der Waals surface area contributed by atoms with E-state index in [1.165, 1.54) is 0 Å². The van der Waals surface area contributed by atoms with E-state index in [0.29, 0.717) is 23.5 Å². The summed E-state index contributed by atoms with van der Waals surface area (Å²) in [5, 5.41) is 6.99. The first kappa shape index (κ1) is 16.1. The third-order valence-electron chi connectivity index (χ3n) is 4.93. The summed E-state index contributed by atoms with van der Waals surface area (Å²) >= 11 is 7.79. The van der Waals surface area contributed by atoms with E-state index in [4.69, 9.17) is 11.6 Å². The van der Waals surface area contributed by atoms with Gasteiger partial charge >= 0.3 is 0 Å². The number of aromatic nitrogens is 1. The van der Waals surface area contributed by atoms with Crippen molar-refractivity contribution in [1.29, 1.82) is 0 Å². The minimum Gasteiger partial charge on any atom is -0.335 e.